The first-order valence-electron chi connectivity index (χ1n) is 6.96. The fourth-order valence-electron chi connectivity index (χ4n) is 3.28. The molecule has 1 fully saturated rings. The summed E-state index contributed by atoms with van der Waals surface area (Å²) in [4.78, 5) is 0.675. The van der Waals surface area contributed by atoms with E-state index < -0.39 is 0 Å². The monoisotopic (exact) mass is 261 g/mol. The SMILES string of the molecule is Cc1ccc(C(C(N)=S)C2CCCCC2)c(C)c1. The van der Waals surface area contributed by atoms with Crippen molar-refractivity contribution in [2.45, 2.75) is 51.9 Å². The van der Waals surface area contributed by atoms with Crippen LogP contribution in [0.2, 0.25) is 0 Å². The highest BCUT2D eigenvalue weighted by Gasteiger charge is 2.28. The van der Waals surface area contributed by atoms with Gasteiger partial charge in [0.15, 0.2) is 0 Å². The summed E-state index contributed by atoms with van der Waals surface area (Å²) in [5, 5.41) is 0. The normalized spacial score (nSPS) is 18.6. The van der Waals surface area contributed by atoms with E-state index in [1.54, 1.807) is 0 Å². The molecule has 0 aliphatic heterocycles. The second-order valence-electron chi connectivity index (χ2n) is 5.64. The number of aryl methyl sites for hydroxylation is 2. The van der Waals surface area contributed by atoms with Crippen molar-refractivity contribution in [2.24, 2.45) is 11.7 Å². The van der Waals surface area contributed by atoms with Gasteiger partial charge in [0.25, 0.3) is 0 Å². The topological polar surface area (TPSA) is 26.0 Å². The van der Waals surface area contributed by atoms with Crippen LogP contribution in [0.25, 0.3) is 0 Å². The molecule has 1 unspecified atom stereocenters. The van der Waals surface area contributed by atoms with Crippen molar-refractivity contribution in [3.63, 3.8) is 0 Å². The van der Waals surface area contributed by atoms with Crippen LogP contribution in [0.15, 0.2) is 18.2 Å². The number of rotatable bonds is 3. The second-order valence-corrected chi connectivity index (χ2v) is 6.11. The van der Waals surface area contributed by atoms with E-state index in [1.807, 2.05) is 0 Å². The van der Waals surface area contributed by atoms with Gasteiger partial charge in [-0.2, -0.15) is 0 Å². The van der Waals surface area contributed by atoms with Crippen molar-refractivity contribution in [3.05, 3.63) is 34.9 Å². The third kappa shape index (κ3) is 2.92. The maximum absolute atomic E-state index is 6.04. The Morgan fingerprint density at radius 2 is 1.89 bits per heavy atom. The summed E-state index contributed by atoms with van der Waals surface area (Å²) < 4.78 is 0. The van der Waals surface area contributed by atoms with Crippen LogP contribution in [0.5, 0.6) is 0 Å². The van der Waals surface area contributed by atoms with Gasteiger partial charge in [0.05, 0.1) is 4.99 Å². The molecule has 0 aromatic heterocycles. The van der Waals surface area contributed by atoms with Crippen LogP contribution < -0.4 is 5.73 Å². The maximum Gasteiger partial charge on any atom is 0.0806 e. The summed E-state index contributed by atoms with van der Waals surface area (Å²) in [6.07, 6.45) is 6.57. The molecule has 98 valence electrons. The van der Waals surface area contributed by atoms with Gasteiger partial charge in [0.1, 0.15) is 0 Å². The first-order chi connectivity index (χ1) is 8.59. The lowest BCUT2D eigenvalue weighted by Gasteiger charge is -2.31. The summed E-state index contributed by atoms with van der Waals surface area (Å²) in [6, 6.07) is 6.64. The highest BCUT2D eigenvalue weighted by Crippen LogP contribution is 2.37. The molecule has 2 N–H and O–H groups in total. The summed E-state index contributed by atoms with van der Waals surface area (Å²) in [5.41, 5.74) is 10.0. The molecule has 1 aliphatic carbocycles. The summed E-state index contributed by atoms with van der Waals surface area (Å²) in [7, 11) is 0. The minimum Gasteiger partial charge on any atom is -0.393 e. The van der Waals surface area contributed by atoms with Crippen molar-refractivity contribution < 1.29 is 0 Å². The molecular formula is C16H23NS. The highest BCUT2D eigenvalue weighted by atomic mass is 32.1. The molecule has 1 nitrogen and oxygen atoms in total. The molecule has 1 atom stereocenters. The average molecular weight is 261 g/mol. The number of hydrogen-bond acceptors (Lipinski definition) is 1. The van der Waals surface area contributed by atoms with Crippen LogP contribution in [-0.2, 0) is 0 Å². The lowest BCUT2D eigenvalue weighted by molar-refractivity contribution is 0.341. The van der Waals surface area contributed by atoms with E-state index in [0.717, 1.165) is 0 Å². The van der Waals surface area contributed by atoms with Crippen molar-refractivity contribution in [1.82, 2.24) is 0 Å². The van der Waals surface area contributed by atoms with Gasteiger partial charge in [-0.1, -0.05) is 55.2 Å². The van der Waals surface area contributed by atoms with Crippen LogP contribution in [0.1, 0.15) is 54.7 Å². The molecule has 2 heteroatoms. The van der Waals surface area contributed by atoms with Gasteiger partial charge in [-0.25, -0.2) is 0 Å². The molecule has 18 heavy (non-hydrogen) atoms. The van der Waals surface area contributed by atoms with E-state index in [-0.39, 0.29) is 5.92 Å². The van der Waals surface area contributed by atoms with E-state index in [9.17, 15) is 0 Å². The molecular weight excluding hydrogens is 238 g/mol. The van der Waals surface area contributed by atoms with E-state index >= 15 is 0 Å². The molecule has 0 radical (unpaired) electrons. The van der Waals surface area contributed by atoms with Gasteiger partial charge in [0.2, 0.25) is 0 Å². The lowest BCUT2D eigenvalue weighted by Crippen LogP contribution is -2.28. The van der Waals surface area contributed by atoms with Gasteiger partial charge in [-0.05, 0) is 43.7 Å². The van der Waals surface area contributed by atoms with Crippen LogP contribution in [0.3, 0.4) is 0 Å². The van der Waals surface area contributed by atoms with Crippen molar-refractivity contribution in [1.29, 1.82) is 0 Å². The molecule has 2 rings (SSSR count). The second kappa shape index (κ2) is 5.83. The van der Waals surface area contributed by atoms with Gasteiger partial charge >= 0.3 is 0 Å². The van der Waals surface area contributed by atoms with Gasteiger partial charge in [0, 0.05) is 5.92 Å². The molecule has 0 heterocycles. The Hall–Kier alpha value is -0.890. The molecule has 0 saturated heterocycles. The number of benzene rings is 1. The Balaban J connectivity index is 2.31. The molecule has 1 aliphatic rings. The Kier molecular flexibility index (Phi) is 4.39. The standard InChI is InChI=1S/C16H23NS/c1-11-8-9-14(12(2)10-11)15(16(17)18)13-6-4-3-5-7-13/h8-10,13,15H,3-7H2,1-2H3,(H2,17,18). The van der Waals surface area contributed by atoms with E-state index in [4.69, 9.17) is 18.0 Å². The lowest BCUT2D eigenvalue weighted by atomic mass is 9.75. The Labute approximate surface area is 116 Å². The number of hydrogen-bond donors (Lipinski definition) is 1. The zero-order chi connectivity index (χ0) is 13.1. The molecule has 1 aromatic carbocycles. The van der Waals surface area contributed by atoms with Gasteiger partial charge < -0.3 is 5.73 Å². The smallest absolute Gasteiger partial charge is 0.0806 e. The zero-order valence-electron chi connectivity index (χ0n) is 11.4. The summed E-state index contributed by atoms with van der Waals surface area (Å²) in [6.45, 7) is 4.31. The summed E-state index contributed by atoms with van der Waals surface area (Å²) in [5.74, 6) is 0.929. The number of thiocarbonyl (C=S) groups is 1. The van der Waals surface area contributed by atoms with Crippen molar-refractivity contribution in [2.75, 3.05) is 0 Å². The minimum absolute atomic E-state index is 0.279. The molecule has 1 saturated carbocycles. The molecule has 0 bridgehead atoms. The summed E-state index contributed by atoms with van der Waals surface area (Å²) >= 11 is 5.35. The number of nitrogens with two attached hydrogens (primary N) is 1. The largest absolute Gasteiger partial charge is 0.393 e. The fourth-order valence-corrected chi connectivity index (χ4v) is 3.60. The Morgan fingerprint density at radius 3 is 2.44 bits per heavy atom. The van der Waals surface area contributed by atoms with E-state index in [1.165, 1.54) is 48.8 Å². The fraction of sp³-hybridized carbons (Fsp3) is 0.562. The predicted octanol–water partition coefficient (Wildman–Crippen LogP) is 4.25. The van der Waals surface area contributed by atoms with Crippen molar-refractivity contribution in [3.8, 4) is 0 Å². The van der Waals surface area contributed by atoms with Crippen LogP contribution in [0, 0.1) is 19.8 Å². The highest BCUT2D eigenvalue weighted by molar-refractivity contribution is 7.80. The quantitative estimate of drug-likeness (QED) is 0.823. The Morgan fingerprint density at radius 1 is 1.22 bits per heavy atom. The molecule has 1 aromatic rings. The van der Waals surface area contributed by atoms with Gasteiger partial charge in [-0.15, -0.1) is 0 Å². The van der Waals surface area contributed by atoms with Gasteiger partial charge in [-0.3, -0.25) is 0 Å². The van der Waals surface area contributed by atoms with Crippen LogP contribution in [0.4, 0.5) is 0 Å². The van der Waals surface area contributed by atoms with Crippen molar-refractivity contribution >= 4 is 17.2 Å². The first kappa shape index (κ1) is 13.5. The maximum atomic E-state index is 6.04. The van der Waals surface area contributed by atoms with Crippen LogP contribution in [-0.4, -0.2) is 4.99 Å². The molecule has 0 spiro atoms. The third-order valence-corrected chi connectivity index (χ3v) is 4.44. The van der Waals surface area contributed by atoms with E-state index in [0.29, 0.717) is 10.9 Å². The zero-order valence-corrected chi connectivity index (χ0v) is 12.2. The Bertz CT molecular complexity index is 433. The molecule has 0 amide bonds. The average Bonchev–Trinajstić information content (AvgIpc) is 2.33. The minimum atomic E-state index is 0.279. The predicted molar refractivity (Wildman–Crippen MR) is 82.0 cm³/mol. The first-order valence-corrected chi connectivity index (χ1v) is 7.37. The third-order valence-electron chi connectivity index (χ3n) is 4.19. The van der Waals surface area contributed by atoms with Crippen LogP contribution >= 0.6 is 12.2 Å². The van der Waals surface area contributed by atoms with E-state index in [2.05, 4.69) is 32.0 Å².